The van der Waals surface area contributed by atoms with Gasteiger partial charge in [-0.05, 0) is 49.2 Å². The van der Waals surface area contributed by atoms with Crippen LogP contribution in [0.3, 0.4) is 0 Å². The van der Waals surface area contributed by atoms with Gasteiger partial charge in [-0.2, -0.15) is 18.3 Å². The molecule has 1 aromatic heterocycles. The van der Waals surface area contributed by atoms with Crippen LogP contribution in [0.4, 0.5) is 13.2 Å². The molecule has 3 heterocycles. The average Bonchev–Trinajstić information content (AvgIpc) is 3.10. The third-order valence-electron chi connectivity index (χ3n) is 4.97. The third kappa shape index (κ3) is 3.08. The van der Waals surface area contributed by atoms with Gasteiger partial charge >= 0.3 is 6.18 Å². The summed E-state index contributed by atoms with van der Waals surface area (Å²) in [6.07, 6.45) is -2.34. The summed E-state index contributed by atoms with van der Waals surface area (Å²) in [5, 5.41) is 3.65. The normalized spacial score (nSPS) is 23.4. The summed E-state index contributed by atoms with van der Waals surface area (Å²) in [7, 11) is 0. The Morgan fingerprint density at radius 1 is 1.33 bits per heavy atom. The van der Waals surface area contributed by atoms with Crippen molar-refractivity contribution in [2.75, 3.05) is 26.2 Å². The molecule has 0 spiro atoms. The highest BCUT2D eigenvalue weighted by molar-refractivity contribution is 9.10. The zero-order chi connectivity index (χ0) is 17.6. The van der Waals surface area contributed by atoms with Gasteiger partial charge in [-0.1, -0.05) is 0 Å². The smallest absolute Gasteiger partial charge is 0.338 e. The lowest BCUT2D eigenvalue weighted by Crippen LogP contribution is -2.53. The van der Waals surface area contributed by atoms with Gasteiger partial charge in [-0.25, -0.2) is 0 Å². The van der Waals surface area contributed by atoms with Crippen LogP contribution in [0, 0.1) is 6.92 Å². The molecule has 2 aliphatic rings. The van der Waals surface area contributed by atoms with Gasteiger partial charge in [-0.3, -0.25) is 14.4 Å². The lowest BCUT2D eigenvalue weighted by molar-refractivity contribution is -0.143. The van der Waals surface area contributed by atoms with E-state index in [-0.39, 0.29) is 10.4 Å². The van der Waals surface area contributed by atoms with Crippen LogP contribution in [0.2, 0.25) is 0 Å². The number of hydrogen-bond acceptors (Lipinski definition) is 3. The first-order chi connectivity index (χ1) is 11.2. The van der Waals surface area contributed by atoms with E-state index in [1.54, 1.807) is 11.8 Å². The standard InChI is InChI=1S/C15H20BrF3N4O/c1-9-12(16)13(15(17,18)19)20-23(9)10(2)14(24)22-7-6-21-5-3-4-11(21)8-22/h10-11H,3-8H2,1-2H3/t10-,11+/m0/s1. The molecule has 0 saturated carbocycles. The van der Waals surface area contributed by atoms with Gasteiger partial charge in [0.05, 0.1) is 10.2 Å². The summed E-state index contributed by atoms with van der Waals surface area (Å²) in [6, 6.07) is -0.378. The number of nitrogens with zero attached hydrogens (tertiary/aromatic N) is 4. The molecule has 2 saturated heterocycles. The van der Waals surface area contributed by atoms with Gasteiger partial charge in [-0.15, -0.1) is 0 Å². The minimum atomic E-state index is -4.55. The fourth-order valence-electron chi connectivity index (χ4n) is 3.62. The monoisotopic (exact) mass is 408 g/mol. The van der Waals surface area contributed by atoms with Crippen LogP contribution >= 0.6 is 15.9 Å². The summed E-state index contributed by atoms with van der Waals surface area (Å²) in [5.74, 6) is -0.173. The molecule has 5 nitrogen and oxygen atoms in total. The summed E-state index contributed by atoms with van der Waals surface area (Å²) in [4.78, 5) is 16.9. The quantitative estimate of drug-likeness (QED) is 0.755. The Kier molecular flexibility index (Phi) is 4.67. The number of piperazine rings is 1. The highest BCUT2D eigenvalue weighted by atomic mass is 79.9. The van der Waals surface area contributed by atoms with Gasteiger partial charge in [0.15, 0.2) is 5.69 Å². The predicted octanol–water partition coefficient (Wildman–Crippen LogP) is 2.84. The molecular formula is C15H20BrF3N4O. The number of fused-ring (bicyclic) bond motifs is 1. The summed E-state index contributed by atoms with van der Waals surface area (Å²) in [6.45, 7) is 6.31. The molecule has 24 heavy (non-hydrogen) atoms. The molecule has 2 aliphatic heterocycles. The first-order valence-corrected chi connectivity index (χ1v) is 8.84. The molecule has 2 atom stereocenters. The number of rotatable bonds is 2. The lowest BCUT2D eigenvalue weighted by atomic mass is 10.1. The molecule has 0 radical (unpaired) electrons. The molecule has 2 fully saturated rings. The maximum atomic E-state index is 13.0. The van der Waals surface area contributed by atoms with Crippen LogP contribution in [0.1, 0.15) is 37.2 Å². The van der Waals surface area contributed by atoms with E-state index in [1.807, 2.05) is 0 Å². The molecule has 0 unspecified atom stereocenters. The maximum absolute atomic E-state index is 13.0. The molecular weight excluding hydrogens is 389 g/mol. The molecule has 3 rings (SSSR count). The topological polar surface area (TPSA) is 41.4 Å². The van der Waals surface area contributed by atoms with Crippen molar-refractivity contribution < 1.29 is 18.0 Å². The van der Waals surface area contributed by atoms with Crippen molar-refractivity contribution in [2.45, 2.75) is 44.9 Å². The van der Waals surface area contributed by atoms with E-state index >= 15 is 0 Å². The van der Waals surface area contributed by atoms with Gasteiger partial charge in [0.1, 0.15) is 6.04 Å². The maximum Gasteiger partial charge on any atom is 0.436 e. The van der Waals surface area contributed by atoms with Crippen molar-refractivity contribution in [2.24, 2.45) is 0 Å². The van der Waals surface area contributed by atoms with Crippen LogP contribution in [0.15, 0.2) is 4.47 Å². The Labute approximate surface area is 146 Å². The zero-order valence-electron chi connectivity index (χ0n) is 13.6. The second-order valence-electron chi connectivity index (χ2n) is 6.48. The molecule has 134 valence electrons. The Morgan fingerprint density at radius 3 is 2.67 bits per heavy atom. The zero-order valence-corrected chi connectivity index (χ0v) is 15.2. The Hall–Kier alpha value is -1.09. The number of hydrogen-bond donors (Lipinski definition) is 0. The van der Waals surface area contributed by atoms with E-state index in [4.69, 9.17) is 0 Å². The highest BCUT2D eigenvalue weighted by Gasteiger charge is 2.40. The van der Waals surface area contributed by atoms with Crippen molar-refractivity contribution in [3.05, 3.63) is 15.9 Å². The fraction of sp³-hybridized carbons (Fsp3) is 0.733. The molecule has 1 aromatic rings. The highest BCUT2D eigenvalue weighted by Crippen LogP contribution is 2.36. The molecule has 9 heteroatoms. The van der Waals surface area contributed by atoms with Gasteiger partial charge < -0.3 is 4.90 Å². The average molecular weight is 409 g/mol. The van der Waals surface area contributed by atoms with Crippen LogP contribution in [-0.2, 0) is 11.0 Å². The van der Waals surface area contributed by atoms with Crippen LogP contribution in [0.5, 0.6) is 0 Å². The van der Waals surface area contributed by atoms with Crippen molar-refractivity contribution in [3.63, 3.8) is 0 Å². The van der Waals surface area contributed by atoms with E-state index in [9.17, 15) is 18.0 Å². The minimum absolute atomic E-state index is 0.102. The molecule has 0 aliphatic carbocycles. The van der Waals surface area contributed by atoms with Crippen LogP contribution in [0.25, 0.3) is 0 Å². The van der Waals surface area contributed by atoms with E-state index < -0.39 is 17.9 Å². The van der Waals surface area contributed by atoms with Crippen LogP contribution in [-0.4, -0.2) is 57.7 Å². The van der Waals surface area contributed by atoms with Gasteiger partial charge in [0.2, 0.25) is 5.91 Å². The van der Waals surface area contributed by atoms with Crippen molar-refractivity contribution >= 4 is 21.8 Å². The summed E-state index contributed by atoms with van der Waals surface area (Å²) in [5.41, 5.74) is -0.678. The molecule has 0 bridgehead atoms. The predicted molar refractivity (Wildman–Crippen MR) is 85.6 cm³/mol. The van der Waals surface area contributed by atoms with E-state index in [0.717, 1.165) is 25.9 Å². The van der Waals surface area contributed by atoms with E-state index in [2.05, 4.69) is 25.9 Å². The van der Waals surface area contributed by atoms with Gasteiger partial charge in [0, 0.05) is 25.7 Å². The van der Waals surface area contributed by atoms with Crippen molar-refractivity contribution in [1.82, 2.24) is 19.6 Å². The van der Waals surface area contributed by atoms with Crippen LogP contribution < -0.4 is 0 Å². The first kappa shape index (κ1) is 17.7. The number of halogens is 4. The largest absolute Gasteiger partial charge is 0.436 e. The minimum Gasteiger partial charge on any atom is -0.338 e. The first-order valence-electron chi connectivity index (χ1n) is 8.04. The SMILES string of the molecule is Cc1c(Br)c(C(F)(F)F)nn1[C@@H](C)C(=O)N1CCN2CCC[C@@H]2C1. The summed E-state index contributed by atoms with van der Waals surface area (Å²) < 4.78 is 40.1. The third-order valence-corrected chi connectivity index (χ3v) is 5.92. The molecule has 0 aromatic carbocycles. The second kappa shape index (κ2) is 6.33. The Bertz CT molecular complexity index is 645. The fourth-order valence-corrected chi connectivity index (χ4v) is 4.10. The number of alkyl halides is 3. The Balaban J connectivity index is 1.79. The van der Waals surface area contributed by atoms with Gasteiger partial charge in [0.25, 0.3) is 0 Å². The number of aromatic nitrogens is 2. The Morgan fingerprint density at radius 2 is 2.04 bits per heavy atom. The van der Waals surface area contributed by atoms with Crippen molar-refractivity contribution in [1.29, 1.82) is 0 Å². The lowest BCUT2D eigenvalue weighted by Gasteiger charge is -2.38. The second-order valence-corrected chi connectivity index (χ2v) is 7.28. The van der Waals surface area contributed by atoms with E-state index in [0.29, 0.717) is 24.8 Å². The number of carbonyl (C=O) groups is 1. The summed E-state index contributed by atoms with van der Waals surface area (Å²) >= 11 is 2.95. The number of carbonyl (C=O) groups excluding carboxylic acids is 1. The number of amides is 1. The van der Waals surface area contributed by atoms with Crippen molar-refractivity contribution in [3.8, 4) is 0 Å². The molecule has 0 N–H and O–H groups in total. The van der Waals surface area contributed by atoms with E-state index in [1.165, 1.54) is 11.6 Å². The molecule has 1 amide bonds.